The van der Waals surface area contributed by atoms with E-state index >= 15 is 0 Å². The highest BCUT2D eigenvalue weighted by atomic mass is 32.2. The normalized spacial score (nSPS) is 13.0. The van der Waals surface area contributed by atoms with Gasteiger partial charge in [-0.15, -0.1) is 0 Å². The molecule has 0 saturated carbocycles. The molecule has 0 spiro atoms. The number of halogens is 1. The van der Waals surface area contributed by atoms with E-state index in [4.69, 9.17) is 0 Å². The molecule has 0 aromatic heterocycles. The van der Waals surface area contributed by atoms with Gasteiger partial charge >= 0.3 is 0 Å². The summed E-state index contributed by atoms with van der Waals surface area (Å²) in [4.78, 5) is 0. The number of benzene rings is 2. The number of nitrogens with one attached hydrogen (secondary N) is 1. The van der Waals surface area contributed by atoms with Gasteiger partial charge in [-0.25, -0.2) is 17.5 Å². The summed E-state index contributed by atoms with van der Waals surface area (Å²) >= 11 is 0. The summed E-state index contributed by atoms with van der Waals surface area (Å²) in [6, 6.07) is 14.2. The first-order valence-corrected chi connectivity index (χ1v) is 9.40. The maximum absolute atomic E-state index is 13.8. The molecule has 1 atom stereocenters. The van der Waals surface area contributed by atoms with Crippen LogP contribution in [0, 0.1) is 5.82 Å². The van der Waals surface area contributed by atoms with Crippen molar-refractivity contribution in [3.8, 4) is 11.1 Å². The second kappa shape index (κ2) is 7.70. The van der Waals surface area contributed by atoms with Crippen LogP contribution in [0.5, 0.6) is 0 Å². The Morgan fingerprint density at radius 1 is 1.09 bits per heavy atom. The zero-order valence-electron chi connectivity index (χ0n) is 13.4. The van der Waals surface area contributed by atoms with E-state index in [2.05, 4.69) is 4.72 Å². The summed E-state index contributed by atoms with van der Waals surface area (Å²) in [5.41, 5.74) is 2.39. The van der Waals surface area contributed by atoms with Gasteiger partial charge in [0.05, 0.1) is 5.75 Å². The molecule has 1 N–H and O–H groups in total. The van der Waals surface area contributed by atoms with Crippen molar-refractivity contribution in [2.24, 2.45) is 0 Å². The standard InChI is InChI=1S/C18H22FNO2S/c1-3-12-23(21,22)20-13-14(2)15-8-10-16(11-9-15)17-6-4-5-7-18(17)19/h4-11,14,20H,3,12-13H2,1-2H3/t14-/m1/s1. The summed E-state index contributed by atoms with van der Waals surface area (Å²) in [7, 11) is -3.19. The lowest BCUT2D eigenvalue weighted by Gasteiger charge is -2.14. The Hall–Kier alpha value is -1.72. The zero-order valence-corrected chi connectivity index (χ0v) is 14.2. The summed E-state index contributed by atoms with van der Waals surface area (Å²) in [5, 5.41) is 0. The van der Waals surface area contributed by atoms with Crippen LogP contribution in [-0.4, -0.2) is 20.7 Å². The van der Waals surface area contributed by atoms with Gasteiger partial charge in [-0.1, -0.05) is 56.3 Å². The van der Waals surface area contributed by atoms with Crippen molar-refractivity contribution >= 4 is 10.0 Å². The zero-order chi connectivity index (χ0) is 16.9. The van der Waals surface area contributed by atoms with E-state index in [1.165, 1.54) is 6.07 Å². The summed E-state index contributed by atoms with van der Waals surface area (Å²) in [6.45, 7) is 4.16. The number of hydrogen-bond donors (Lipinski definition) is 1. The minimum absolute atomic E-state index is 0.0521. The van der Waals surface area contributed by atoms with Crippen molar-refractivity contribution in [3.05, 3.63) is 59.9 Å². The predicted molar refractivity (Wildman–Crippen MR) is 92.3 cm³/mol. The molecule has 0 heterocycles. The molecule has 3 nitrogen and oxygen atoms in total. The average molecular weight is 335 g/mol. The topological polar surface area (TPSA) is 46.2 Å². The molecule has 124 valence electrons. The Kier molecular flexibility index (Phi) is 5.91. The summed E-state index contributed by atoms with van der Waals surface area (Å²) in [6.07, 6.45) is 0.598. The molecule has 5 heteroatoms. The highest BCUT2D eigenvalue weighted by Gasteiger charge is 2.12. The third kappa shape index (κ3) is 4.88. The van der Waals surface area contributed by atoms with E-state index in [0.717, 1.165) is 11.1 Å². The summed E-state index contributed by atoms with van der Waals surface area (Å²) < 4.78 is 39.8. The second-order valence-corrected chi connectivity index (χ2v) is 7.60. The Bertz CT molecular complexity index is 742. The molecule has 2 aromatic rings. The molecule has 0 saturated heterocycles. The van der Waals surface area contributed by atoms with Crippen LogP contribution in [0.25, 0.3) is 11.1 Å². The lowest BCUT2D eigenvalue weighted by molar-refractivity contribution is 0.573. The molecule has 2 aromatic carbocycles. The molecule has 2 rings (SSSR count). The maximum Gasteiger partial charge on any atom is 0.211 e. The molecule has 0 bridgehead atoms. The fourth-order valence-electron chi connectivity index (χ4n) is 2.40. The van der Waals surface area contributed by atoms with Crippen LogP contribution in [0.15, 0.2) is 48.5 Å². The van der Waals surface area contributed by atoms with Crippen LogP contribution in [-0.2, 0) is 10.0 Å². The van der Waals surface area contributed by atoms with E-state index < -0.39 is 10.0 Å². The van der Waals surface area contributed by atoms with Gasteiger partial charge in [0.1, 0.15) is 5.82 Å². The van der Waals surface area contributed by atoms with E-state index in [0.29, 0.717) is 18.5 Å². The Morgan fingerprint density at radius 3 is 2.35 bits per heavy atom. The van der Waals surface area contributed by atoms with Crippen molar-refractivity contribution < 1.29 is 12.8 Å². The molecule has 23 heavy (non-hydrogen) atoms. The molecule has 0 aliphatic rings. The van der Waals surface area contributed by atoms with Crippen LogP contribution in [0.4, 0.5) is 4.39 Å². The largest absolute Gasteiger partial charge is 0.215 e. The van der Waals surface area contributed by atoms with Gasteiger partial charge in [-0.05, 0) is 29.5 Å². The summed E-state index contributed by atoms with van der Waals surface area (Å²) in [5.74, 6) is -0.0525. The Balaban J connectivity index is 2.06. The van der Waals surface area contributed by atoms with Crippen LogP contribution >= 0.6 is 0 Å². The van der Waals surface area contributed by atoms with E-state index in [-0.39, 0.29) is 17.5 Å². The Labute approximate surface area is 137 Å². The fourth-order valence-corrected chi connectivity index (χ4v) is 3.58. The van der Waals surface area contributed by atoms with Crippen molar-refractivity contribution in [2.75, 3.05) is 12.3 Å². The third-order valence-corrected chi connectivity index (χ3v) is 5.30. The van der Waals surface area contributed by atoms with E-state index in [9.17, 15) is 12.8 Å². The van der Waals surface area contributed by atoms with Gasteiger partial charge in [-0.3, -0.25) is 0 Å². The van der Waals surface area contributed by atoms with Gasteiger partial charge in [0.25, 0.3) is 0 Å². The lowest BCUT2D eigenvalue weighted by atomic mass is 9.97. The SMILES string of the molecule is CCCS(=O)(=O)NC[C@@H](C)c1ccc(-c2ccccc2F)cc1. The smallest absolute Gasteiger partial charge is 0.211 e. The molecule has 0 aliphatic heterocycles. The predicted octanol–water partition coefficient (Wildman–Crippen LogP) is 3.93. The van der Waals surface area contributed by atoms with E-state index in [1.54, 1.807) is 18.2 Å². The van der Waals surface area contributed by atoms with Crippen LogP contribution in [0.2, 0.25) is 0 Å². The fraction of sp³-hybridized carbons (Fsp3) is 0.333. The number of rotatable bonds is 7. The number of sulfonamides is 1. The molecule has 0 unspecified atom stereocenters. The quantitative estimate of drug-likeness (QED) is 0.833. The second-order valence-electron chi connectivity index (χ2n) is 5.67. The molecule has 0 radical (unpaired) electrons. The lowest BCUT2D eigenvalue weighted by Crippen LogP contribution is -2.29. The minimum atomic E-state index is -3.19. The van der Waals surface area contributed by atoms with Crippen LogP contribution in [0.3, 0.4) is 0 Å². The van der Waals surface area contributed by atoms with E-state index in [1.807, 2.05) is 38.1 Å². The molecule has 0 amide bonds. The third-order valence-electron chi connectivity index (χ3n) is 3.75. The maximum atomic E-state index is 13.8. The van der Waals surface area contributed by atoms with Crippen molar-refractivity contribution in [1.82, 2.24) is 4.72 Å². The molecular weight excluding hydrogens is 313 g/mol. The number of hydrogen-bond acceptors (Lipinski definition) is 2. The van der Waals surface area contributed by atoms with Crippen molar-refractivity contribution in [3.63, 3.8) is 0 Å². The monoisotopic (exact) mass is 335 g/mol. The first-order valence-electron chi connectivity index (χ1n) is 7.75. The average Bonchev–Trinajstić information content (AvgIpc) is 2.53. The van der Waals surface area contributed by atoms with Gasteiger partial charge in [0, 0.05) is 12.1 Å². The van der Waals surface area contributed by atoms with Crippen molar-refractivity contribution in [2.45, 2.75) is 26.2 Å². The van der Waals surface area contributed by atoms with Gasteiger partial charge in [0.15, 0.2) is 0 Å². The first-order chi connectivity index (χ1) is 10.9. The molecular formula is C18H22FNO2S. The van der Waals surface area contributed by atoms with Gasteiger partial charge in [0.2, 0.25) is 10.0 Å². The van der Waals surface area contributed by atoms with Gasteiger partial charge in [-0.2, -0.15) is 0 Å². The van der Waals surface area contributed by atoms with Crippen LogP contribution in [0.1, 0.15) is 31.7 Å². The Morgan fingerprint density at radius 2 is 1.74 bits per heavy atom. The van der Waals surface area contributed by atoms with Crippen molar-refractivity contribution in [1.29, 1.82) is 0 Å². The first kappa shape index (κ1) is 17.6. The van der Waals surface area contributed by atoms with Crippen LogP contribution < -0.4 is 4.72 Å². The molecule has 0 aliphatic carbocycles. The molecule has 0 fully saturated rings. The highest BCUT2D eigenvalue weighted by molar-refractivity contribution is 7.89. The van der Waals surface area contributed by atoms with Gasteiger partial charge < -0.3 is 0 Å². The minimum Gasteiger partial charge on any atom is -0.215 e. The highest BCUT2D eigenvalue weighted by Crippen LogP contribution is 2.24.